The van der Waals surface area contributed by atoms with Crippen LogP contribution in [0.3, 0.4) is 0 Å². The summed E-state index contributed by atoms with van der Waals surface area (Å²) in [5.74, 6) is -0.949. The smallest absolute Gasteiger partial charge is 0.261 e. The third-order valence-electron chi connectivity index (χ3n) is 5.23. The second kappa shape index (κ2) is 14.1. The second-order valence-electron chi connectivity index (χ2n) is 8.12. The molecule has 0 aromatic heterocycles. The van der Waals surface area contributed by atoms with Crippen LogP contribution in [0.5, 0.6) is 5.75 Å². The van der Waals surface area contributed by atoms with Crippen molar-refractivity contribution in [3.8, 4) is 5.75 Å². The summed E-state index contributed by atoms with van der Waals surface area (Å²) in [5.41, 5.74) is 1.53. The lowest BCUT2D eigenvalue weighted by Crippen LogP contribution is -2.34. The molecule has 0 aliphatic carbocycles. The molecule has 0 bridgehead atoms. The molecule has 3 aromatic rings. The zero-order chi connectivity index (χ0) is 26.8. The molecule has 0 saturated carbocycles. The van der Waals surface area contributed by atoms with Crippen molar-refractivity contribution >= 4 is 68.1 Å². The van der Waals surface area contributed by atoms with Crippen molar-refractivity contribution in [1.82, 2.24) is 5.32 Å². The average Bonchev–Trinajstić information content (AvgIpc) is 2.87. The van der Waals surface area contributed by atoms with E-state index in [1.807, 2.05) is 6.07 Å². The monoisotopic (exact) mass is 605 g/mol. The maximum Gasteiger partial charge on any atom is 0.261 e. The highest BCUT2D eigenvalue weighted by molar-refractivity contribution is 9.10. The van der Waals surface area contributed by atoms with E-state index in [9.17, 15) is 14.0 Å². The van der Waals surface area contributed by atoms with Gasteiger partial charge in [0.1, 0.15) is 11.6 Å². The number of amides is 2. The van der Waals surface area contributed by atoms with Crippen molar-refractivity contribution in [2.75, 3.05) is 17.2 Å². The van der Waals surface area contributed by atoms with E-state index in [4.69, 9.17) is 28.6 Å². The molecule has 0 atom stereocenters. The third-order valence-corrected chi connectivity index (χ3v) is 6.22. The van der Waals surface area contributed by atoms with E-state index in [1.165, 1.54) is 18.2 Å². The molecule has 0 radical (unpaired) electrons. The average molecular weight is 607 g/mol. The molecule has 10 heteroatoms. The van der Waals surface area contributed by atoms with Crippen LogP contribution in [0.25, 0.3) is 0 Å². The summed E-state index contributed by atoms with van der Waals surface area (Å²) in [6, 6.07) is 15.7. The van der Waals surface area contributed by atoms with Gasteiger partial charge in [-0.15, -0.1) is 0 Å². The Morgan fingerprint density at radius 3 is 2.51 bits per heavy atom. The minimum atomic E-state index is -0.574. The molecule has 6 nitrogen and oxygen atoms in total. The van der Waals surface area contributed by atoms with Gasteiger partial charge in [-0.25, -0.2) is 4.39 Å². The first-order valence-electron chi connectivity index (χ1n) is 11.7. The summed E-state index contributed by atoms with van der Waals surface area (Å²) < 4.78 is 19.9. The minimum Gasteiger partial charge on any atom is -0.493 e. The summed E-state index contributed by atoms with van der Waals surface area (Å²) in [5, 5.41) is 8.19. The normalized spacial score (nSPS) is 10.5. The van der Waals surface area contributed by atoms with Crippen LogP contribution in [0, 0.1) is 5.82 Å². The highest BCUT2D eigenvalue weighted by Crippen LogP contribution is 2.24. The number of ether oxygens (including phenoxy) is 1. The van der Waals surface area contributed by atoms with Crippen LogP contribution in [0.15, 0.2) is 65.1 Å². The van der Waals surface area contributed by atoms with Gasteiger partial charge in [0.2, 0.25) is 0 Å². The van der Waals surface area contributed by atoms with Gasteiger partial charge in [0.25, 0.3) is 11.8 Å². The topological polar surface area (TPSA) is 79.5 Å². The predicted octanol–water partition coefficient (Wildman–Crippen LogP) is 7.58. The molecule has 0 aliphatic heterocycles. The van der Waals surface area contributed by atoms with Gasteiger partial charge in [0.15, 0.2) is 5.11 Å². The number of carbonyl (C=O) groups excluding carboxylic acids is 2. The van der Waals surface area contributed by atoms with Gasteiger partial charge in [-0.3, -0.25) is 14.9 Å². The van der Waals surface area contributed by atoms with Crippen LogP contribution in [0.2, 0.25) is 5.02 Å². The van der Waals surface area contributed by atoms with E-state index >= 15 is 0 Å². The first kappa shape index (κ1) is 28.6. The Morgan fingerprint density at radius 2 is 1.76 bits per heavy atom. The zero-order valence-corrected chi connectivity index (χ0v) is 23.2. The first-order chi connectivity index (χ1) is 17.8. The van der Waals surface area contributed by atoms with Crippen LogP contribution in [0.4, 0.5) is 15.8 Å². The number of rotatable bonds is 10. The number of benzene rings is 3. The Bertz CT molecular complexity index is 1290. The summed E-state index contributed by atoms with van der Waals surface area (Å²) >= 11 is 14.5. The van der Waals surface area contributed by atoms with Gasteiger partial charge in [-0.1, -0.05) is 59.8 Å². The van der Waals surface area contributed by atoms with Gasteiger partial charge in [0, 0.05) is 21.4 Å². The molecular formula is C27H26BrClFN3O3S. The largest absolute Gasteiger partial charge is 0.493 e. The summed E-state index contributed by atoms with van der Waals surface area (Å²) in [7, 11) is 0. The predicted molar refractivity (Wildman–Crippen MR) is 153 cm³/mol. The van der Waals surface area contributed by atoms with Gasteiger partial charge in [0.05, 0.1) is 17.2 Å². The fourth-order valence-electron chi connectivity index (χ4n) is 3.36. The van der Waals surface area contributed by atoms with Crippen molar-refractivity contribution in [2.24, 2.45) is 0 Å². The molecule has 37 heavy (non-hydrogen) atoms. The van der Waals surface area contributed by atoms with Crippen molar-refractivity contribution < 1.29 is 18.7 Å². The van der Waals surface area contributed by atoms with E-state index in [0.717, 1.165) is 30.2 Å². The highest BCUT2D eigenvalue weighted by Gasteiger charge is 2.16. The van der Waals surface area contributed by atoms with Crippen molar-refractivity contribution in [2.45, 2.75) is 32.6 Å². The van der Waals surface area contributed by atoms with E-state index in [0.29, 0.717) is 34.9 Å². The number of nitrogens with one attached hydrogen (secondary N) is 3. The number of hydrogen-bond donors (Lipinski definition) is 3. The molecule has 3 rings (SSSR count). The zero-order valence-electron chi connectivity index (χ0n) is 20.1. The number of hydrogen-bond acceptors (Lipinski definition) is 4. The number of anilines is 2. The Labute approximate surface area is 234 Å². The molecule has 0 fully saturated rings. The van der Waals surface area contributed by atoms with Gasteiger partial charge < -0.3 is 15.4 Å². The minimum absolute atomic E-state index is 0.0572. The molecule has 0 unspecified atom stereocenters. The SMILES string of the molecule is CCCCCCOc1ccc(Br)cc1C(=O)NC(=S)Nc1cccc(C(=O)Nc2ccc(F)c(Cl)c2)c1. The molecule has 3 aromatic carbocycles. The lowest BCUT2D eigenvalue weighted by atomic mass is 10.1. The fourth-order valence-corrected chi connectivity index (χ4v) is 4.12. The Morgan fingerprint density at radius 1 is 0.973 bits per heavy atom. The van der Waals surface area contributed by atoms with E-state index in [2.05, 4.69) is 38.8 Å². The van der Waals surface area contributed by atoms with Crippen molar-refractivity contribution in [3.63, 3.8) is 0 Å². The second-order valence-corrected chi connectivity index (χ2v) is 9.85. The van der Waals surface area contributed by atoms with Gasteiger partial charge >= 0.3 is 0 Å². The summed E-state index contributed by atoms with van der Waals surface area (Å²) in [6.45, 7) is 2.66. The van der Waals surface area contributed by atoms with Crippen LogP contribution in [0.1, 0.15) is 53.3 Å². The van der Waals surface area contributed by atoms with Crippen molar-refractivity contribution in [3.05, 3.63) is 87.1 Å². The van der Waals surface area contributed by atoms with Crippen LogP contribution >= 0.6 is 39.7 Å². The molecule has 3 N–H and O–H groups in total. The lowest BCUT2D eigenvalue weighted by molar-refractivity contribution is 0.0972. The van der Waals surface area contributed by atoms with Crippen LogP contribution < -0.4 is 20.7 Å². The Kier molecular flexibility index (Phi) is 10.9. The maximum absolute atomic E-state index is 13.4. The molecule has 0 heterocycles. The van der Waals surface area contributed by atoms with Crippen molar-refractivity contribution in [1.29, 1.82) is 0 Å². The van der Waals surface area contributed by atoms with E-state index in [1.54, 1.807) is 36.4 Å². The molecule has 2 amide bonds. The summed E-state index contributed by atoms with van der Waals surface area (Å²) in [6.07, 6.45) is 4.24. The van der Waals surface area contributed by atoms with Gasteiger partial charge in [-0.05, 0) is 73.2 Å². The first-order valence-corrected chi connectivity index (χ1v) is 13.3. The van der Waals surface area contributed by atoms with Crippen LogP contribution in [-0.4, -0.2) is 23.5 Å². The number of unbranched alkanes of at least 4 members (excludes halogenated alkanes) is 3. The molecule has 194 valence electrons. The lowest BCUT2D eigenvalue weighted by Gasteiger charge is -2.14. The fraction of sp³-hybridized carbons (Fsp3) is 0.222. The standard InChI is InChI=1S/C27H26BrClFN3O3S/c1-2-3-4-5-13-36-24-12-9-18(28)15-21(24)26(35)33-27(37)32-19-8-6-7-17(14-19)25(34)31-20-10-11-23(30)22(29)16-20/h6-12,14-16H,2-5,13H2,1H3,(H,31,34)(H2,32,33,35,37). The molecule has 0 saturated heterocycles. The summed E-state index contributed by atoms with van der Waals surface area (Å²) in [4.78, 5) is 25.6. The Balaban J connectivity index is 1.61. The molecular weight excluding hydrogens is 581 g/mol. The van der Waals surface area contributed by atoms with E-state index in [-0.39, 0.29) is 10.1 Å². The van der Waals surface area contributed by atoms with Crippen LogP contribution in [-0.2, 0) is 0 Å². The van der Waals surface area contributed by atoms with Gasteiger partial charge in [-0.2, -0.15) is 0 Å². The quantitative estimate of drug-likeness (QED) is 0.164. The molecule has 0 aliphatic rings. The maximum atomic E-state index is 13.4. The molecule has 0 spiro atoms. The number of thiocarbonyl (C=S) groups is 1. The number of carbonyl (C=O) groups is 2. The number of halogens is 3. The Hall–Kier alpha value is -3.01. The van der Waals surface area contributed by atoms with E-state index < -0.39 is 17.6 Å². The highest BCUT2D eigenvalue weighted by atomic mass is 79.9. The third kappa shape index (κ3) is 8.80.